The molecule has 2 rings (SSSR count). The number of furan rings is 1. The Bertz CT molecular complexity index is 537. The molecular weight excluding hydrogens is 310 g/mol. The molecule has 0 spiro atoms. The number of hydrogen-bond donors (Lipinski definition) is 2. The highest BCUT2D eigenvalue weighted by Gasteiger charge is 2.25. The average molecular weight is 337 g/mol. The third-order valence-corrected chi connectivity index (χ3v) is 3.71. The maximum absolute atomic E-state index is 11.9. The molecule has 1 aromatic heterocycles. The van der Waals surface area contributed by atoms with Crippen molar-refractivity contribution in [3.05, 3.63) is 24.2 Å². The summed E-state index contributed by atoms with van der Waals surface area (Å²) in [7, 11) is 0. The molecule has 7 nitrogen and oxygen atoms in total. The van der Waals surface area contributed by atoms with Crippen LogP contribution in [0.1, 0.15) is 33.0 Å². The lowest BCUT2D eigenvalue weighted by Gasteiger charge is -2.21. The molecule has 134 valence electrons. The van der Waals surface area contributed by atoms with Gasteiger partial charge in [0.05, 0.1) is 19.4 Å². The van der Waals surface area contributed by atoms with Crippen LogP contribution < -0.4 is 10.6 Å². The van der Waals surface area contributed by atoms with E-state index in [9.17, 15) is 9.59 Å². The maximum Gasteiger partial charge on any atom is 0.407 e. The zero-order chi connectivity index (χ0) is 17.6. The van der Waals surface area contributed by atoms with Crippen LogP contribution in [-0.2, 0) is 16.1 Å². The predicted octanol–water partition coefficient (Wildman–Crippen LogP) is 1.74. The second-order valence-corrected chi connectivity index (χ2v) is 7.13. The van der Waals surface area contributed by atoms with Crippen LogP contribution in [0, 0.1) is 5.92 Å². The van der Waals surface area contributed by atoms with Crippen LogP contribution >= 0.6 is 0 Å². The molecular formula is C17H27N3O4. The third-order valence-electron chi connectivity index (χ3n) is 3.71. The number of carbonyl (C=O) groups excluding carboxylic acids is 2. The highest BCUT2D eigenvalue weighted by Crippen LogP contribution is 2.15. The molecule has 7 heteroatoms. The maximum atomic E-state index is 11.9. The number of nitrogens with zero attached hydrogens (tertiary/aromatic N) is 1. The zero-order valence-electron chi connectivity index (χ0n) is 14.6. The van der Waals surface area contributed by atoms with Crippen molar-refractivity contribution in [3.63, 3.8) is 0 Å². The van der Waals surface area contributed by atoms with E-state index in [1.54, 1.807) is 12.3 Å². The molecule has 1 aliphatic rings. The van der Waals surface area contributed by atoms with Crippen molar-refractivity contribution in [1.29, 1.82) is 0 Å². The molecule has 2 N–H and O–H groups in total. The van der Waals surface area contributed by atoms with E-state index < -0.39 is 11.7 Å². The van der Waals surface area contributed by atoms with Crippen molar-refractivity contribution in [2.45, 2.75) is 39.3 Å². The molecule has 1 aromatic rings. The van der Waals surface area contributed by atoms with Crippen LogP contribution in [0.3, 0.4) is 0 Å². The highest BCUT2D eigenvalue weighted by molar-refractivity contribution is 5.78. The molecule has 0 unspecified atom stereocenters. The molecule has 0 aromatic carbocycles. The predicted molar refractivity (Wildman–Crippen MR) is 89.3 cm³/mol. The fraction of sp³-hybridized carbons (Fsp3) is 0.647. The normalized spacial score (nSPS) is 18.4. The first-order valence-corrected chi connectivity index (χ1v) is 8.30. The first-order valence-electron chi connectivity index (χ1n) is 8.30. The van der Waals surface area contributed by atoms with Gasteiger partial charge < -0.3 is 19.8 Å². The van der Waals surface area contributed by atoms with Gasteiger partial charge in [0.25, 0.3) is 0 Å². The minimum atomic E-state index is -0.488. The molecule has 24 heavy (non-hydrogen) atoms. The standard InChI is InChI=1S/C17H27N3O4/c1-17(2,3)24-16(22)19-9-13-6-7-20(11-13)12-15(21)18-10-14-5-4-8-23-14/h4-5,8,13H,6-7,9-12H2,1-3H3,(H,18,21)(H,19,22)/t13-/m1/s1. The fourth-order valence-corrected chi connectivity index (χ4v) is 2.62. The van der Waals surface area contributed by atoms with Crippen molar-refractivity contribution in [1.82, 2.24) is 15.5 Å². The smallest absolute Gasteiger partial charge is 0.407 e. The summed E-state index contributed by atoms with van der Waals surface area (Å²) in [6.07, 6.45) is 2.16. The minimum absolute atomic E-state index is 0.0212. The summed E-state index contributed by atoms with van der Waals surface area (Å²) in [6, 6.07) is 3.62. The van der Waals surface area contributed by atoms with Gasteiger partial charge in [-0.1, -0.05) is 0 Å². The monoisotopic (exact) mass is 337 g/mol. The molecule has 2 heterocycles. The largest absolute Gasteiger partial charge is 0.467 e. The number of hydrogen-bond acceptors (Lipinski definition) is 5. The summed E-state index contributed by atoms with van der Waals surface area (Å²) in [6.45, 7) is 8.51. The summed E-state index contributed by atoms with van der Waals surface area (Å²) >= 11 is 0. The van der Waals surface area contributed by atoms with Crippen LogP contribution in [0.25, 0.3) is 0 Å². The number of nitrogens with one attached hydrogen (secondary N) is 2. The molecule has 1 aliphatic heterocycles. The molecule has 0 saturated carbocycles. The summed E-state index contributed by atoms with van der Waals surface area (Å²) in [4.78, 5) is 25.7. The second kappa shape index (κ2) is 8.19. The van der Waals surface area contributed by atoms with Crippen molar-refractivity contribution in [3.8, 4) is 0 Å². The van der Waals surface area contributed by atoms with Gasteiger partial charge >= 0.3 is 6.09 Å². The van der Waals surface area contributed by atoms with E-state index in [0.29, 0.717) is 25.6 Å². The minimum Gasteiger partial charge on any atom is -0.467 e. The van der Waals surface area contributed by atoms with Crippen molar-refractivity contribution < 1.29 is 18.7 Å². The molecule has 0 aliphatic carbocycles. The lowest BCUT2D eigenvalue weighted by molar-refractivity contribution is -0.122. The molecule has 0 bridgehead atoms. The number of alkyl carbamates (subject to hydrolysis) is 1. The summed E-state index contributed by atoms with van der Waals surface area (Å²) < 4.78 is 10.4. The zero-order valence-corrected chi connectivity index (χ0v) is 14.6. The van der Waals surface area contributed by atoms with E-state index >= 15 is 0 Å². The number of amides is 2. The average Bonchev–Trinajstić information content (AvgIpc) is 3.12. The Morgan fingerprint density at radius 2 is 2.17 bits per heavy atom. The van der Waals surface area contributed by atoms with Crippen LogP contribution in [0.15, 0.2) is 22.8 Å². The first-order chi connectivity index (χ1) is 11.3. The number of likely N-dealkylation sites (tertiary alicyclic amines) is 1. The lowest BCUT2D eigenvalue weighted by atomic mass is 10.1. The lowest BCUT2D eigenvalue weighted by Crippen LogP contribution is -2.38. The van der Waals surface area contributed by atoms with Gasteiger partial charge in [0.15, 0.2) is 0 Å². The van der Waals surface area contributed by atoms with Crippen molar-refractivity contribution >= 4 is 12.0 Å². The van der Waals surface area contributed by atoms with Crippen LogP contribution in [-0.4, -0.2) is 48.7 Å². The quantitative estimate of drug-likeness (QED) is 0.826. The van der Waals surface area contributed by atoms with Gasteiger partial charge in [-0.25, -0.2) is 4.79 Å². The second-order valence-electron chi connectivity index (χ2n) is 7.13. The summed E-state index contributed by atoms with van der Waals surface area (Å²) in [5.74, 6) is 1.06. The molecule has 1 saturated heterocycles. The van der Waals surface area contributed by atoms with Crippen molar-refractivity contribution in [2.24, 2.45) is 5.92 Å². The number of carbonyl (C=O) groups is 2. The molecule has 1 atom stereocenters. The van der Waals surface area contributed by atoms with Crippen molar-refractivity contribution in [2.75, 3.05) is 26.2 Å². The van der Waals surface area contributed by atoms with Gasteiger partial charge in [0, 0.05) is 13.1 Å². The van der Waals surface area contributed by atoms with Crippen LogP contribution in [0.4, 0.5) is 4.79 Å². The van der Waals surface area contributed by atoms with Gasteiger partial charge in [0.1, 0.15) is 11.4 Å². The Morgan fingerprint density at radius 1 is 1.38 bits per heavy atom. The van der Waals surface area contributed by atoms with Gasteiger partial charge in [-0.05, 0) is 51.8 Å². The Hall–Kier alpha value is -2.02. The first kappa shape index (κ1) is 18.3. The molecule has 0 radical (unpaired) electrons. The number of rotatable bonds is 6. The Morgan fingerprint density at radius 3 is 2.83 bits per heavy atom. The van der Waals surface area contributed by atoms with Gasteiger partial charge in [-0.2, -0.15) is 0 Å². The summed E-state index contributed by atoms with van der Waals surface area (Å²) in [5.41, 5.74) is -0.488. The van der Waals surface area contributed by atoms with E-state index in [1.165, 1.54) is 0 Å². The SMILES string of the molecule is CC(C)(C)OC(=O)NC[C@H]1CCN(CC(=O)NCc2ccco2)C1. The van der Waals surface area contributed by atoms with E-state index in [1.807, 2.05) is 26.8 Å². The topological polar surface area (TPSA) is 83.8 Å². The Labute approximate surface area is 142 Å². The van der Waals surface area contributed by atoms with Gasteiger partial charge in [-0.15, -0.1) is 0 Å². The molecule has 2 amide bonds. The Balaban J connectivity index is 1.62. The van der Waals surface area contributed by atoms with Gasteiger partial charge in [-0.3, -0.25) is 9.69 Å². The fourth-order valence-electron chi connectivity index (χ4n) is 2.62. The summed E-state index contributed by atoms with van der Waals surface area (Å²) in [5, 5.41) is 5.64. The van der Waals surface area contributed by atoms with E-state index in [4.69, 9.17) is 9.15 Å². The van der Waals surface area contributed by atoms with E-state index in [-0.39, 0.29) is 5.91 Å². The number of ether oxygens (including phenoxy) is 1. The van der Waals surface area contributed by atoms with E-state index in [0.717, 1.165) is 25.3 Å². The van der Waals surface area contributed by atoms with Crippen LogP contribution in [0.2, 0.25) is 0 Å². The molecule has 1 fully saturated rings. The van der Waals surface area contributed by atoms with E-state index in [2.05, 4.69) is 15.5 Å². The highest BCUT2D eigenvalue weighted by atomic mass is 16.6. The van der Waals surface area contributed by atoms with Gasteiger partial charge in [0.2, 0.25) is 5.91 Å². The Kier molecular flexibility index (Phi) is 6.25. The van der Waals surface area contributed by atoms with Crippen LogP contribution in [0.5, 0.6) is 0 Å². The third kappa shape index (κ3) is 6.62.